The molecule has 9 rings (SSSR count). The van der Waals surface area contributed by atoms with Crippen LogP contribution in [0.5, 0.6) is 11.5 Å². The Bertz CT molecular complexity index is 2910. The highest BCUT2D eigenvalue weighted by Crippen LogP contribution is 2.42. The van der Waals surface area contributed by atoms with Crippen LogP contribution in [-0.2, 0) is 10.8 Å². The molecule has 0 aliphatic rings. The molecule has 0 fully saturated rings. The summed E-state index contributed by atoms with van der Waals surface area (Å²) in [4.78, 5) is 4.88. The van der Waals surface area contributed by atoms with E-state index in [-0.39, 0.29) is 10.8 Å². The Morgan fingerprint density at radius 1 is 0.467 bits per heavy atom. The van der Waals surface area contributed by atoms with Gasteiger partial charge in [0.15, 0.2) is 0 Å². The van der Waals surface area contributed by atoms with Crippen molar-refractivity contribution in [1.82, 2.24) is 9.55 Å². The second kappa shape index (κ2) is 15.6. The lowest BCUT2D eigenvalue weighted by Gasteiger charge is -2.23. The standard InChI is InChI=1S/C55H50N4O/c1-54(2,3)39-30-31-56-52(34-39)59-50-27-16-13-22-46(50)47-29-28-42(36-51(47)59)60-43-33-40(55(4,5)6)32-41(35-43)57-48-25-14-15-26-49(48)58-53-44(37-18-9-7-10-19-37)23-17-24-45(53)38-20-11-8-12-21-38/h7-36,57-58H,1-6H3. The van der Waals surface area contributed by atoms with E-state index in [2.05, 4.69) is 233 Å². The molecule has 0 saturated heterocycles. The van der Waals surface area contributed by atoms with Gasteiger partial charge in [-0.1, -0.05) is 151 Å². The van der Waals surface area contributed by atoms with Crippen molar-refractivity contribution in [2.45, 2.75) is 52.4 Å². The van der Waals surface area contributed by atoms with Crippen LogP contribution in [0.3, 0.4) is 0 Å². The number of aromatic nitrogens is 2. The monoisotopic (exact) mass is 782 g/mol. The molecule has 0 aliphatic carbocycles. The molecule has 2 aromatic heterocycles. The summed E-state index contributed by atoms with van der Waals surface area (Å²) in [5.74, 6) is 2.40. The van der Waals surface area contributed by atoms with E-state index in [0.29, 0.717) is 0 Å². The predicted molar refractivity (Wildman–Crippen MR) is 253 cm³/mol. The summed E-state index contributed by atoms with van der Waals surface area (Å²) in [5.41, 5.74) is 12.9. The van der Waals surface area contributed by atoms with E-state index in [4.69, 9.17) is 9.72 Å². The average molecular weight is 783 g/mol. The Morgan fingerprint density at radius 3 is 1.73 bits per heavy atom. The fourth-order valence-corrected chi connectivity index (χ4v) is 7.96. The largest absolute Gasteiger partial charge is 0.457 e. The molecule has 0 radical (unpaired) electrons. The Hall–Kier alpha value is -7.11. The minimum absolute atomic E-state index is 0.0110. The Morgan fingerprint density at radius 2 is 1.07 bits per heavy atom. The van der Waals surface area contributed by atoms with Crippen LogP contribution in [0.4, 0.5) is 22.7 Å². The Kier molecular flexibility index (Phi) is 9.97. The van der Waals surface area contributed by atoms with Crippen LogP contribution >= 0.6 is 0 Å². The average Bonchev–Trinajstić information content (AvgIpc) is 3.58. The van der Waals surface area contributed by atoms with Crippen molar-refractivity contribution in [3.05, 3.63) is 193 Å². The predicted octanol–water partition coefficient (Wildman–Crippen LogP) is 15.4. The zero-order valence-electron chi connectivity index (χ0n) is 35.1. The van der Waals surface area contributed by atoms with Gasteiger partial charge in [-0.25, -0.2) is 4.98 Å². The second-order valence-corrected chi connectivity index (χ2v) is 17.5. The maximum absolute atomic E-state index is 6.83. The van der Waals surface area contributed by atoms with Gasteiger partial charge >= 0.3 is 0 Å². The lowest BCUT2D eigenvalue weighted by Crippen LogP contribution is -2.12. The van der Waals surface area contributed by atoms with Gasteiger partial charge in [0.2, 0.25) is 0 Å². The lowest BCUT2D eigenvalue weighted by atomic mass is 9.86. The first-order valence-electron chi connectivity index (χ1n) is 20.7. The fraction of sp³-hybridized carbons (Fsp3) is 0.145. The van der Waals surface area contributed by atoms with Crippen molar-refractivity contribution in [1.29, 1.82) is 0 Å². The molecule has 0 spiro atoms. The molecule has 2 N–H and O–H groups in total. The van der Waals surface area contributed by atoms with Crippen molar-refractivity contribution < 1.29 is 4.74 Å². The van der Waals surface area contributed by atoms with Crippen molar-refractivity contribution in [2.75, 3.05) is 10.6 Å². The number of anilines is 4. The summed E-state index contributed by atoms with van der Waals surface area (Å²) in [6, 6.07) is 61.8. The van der Waals surface area contributed by atoms with E-state index < -0.39 is 0 Å². The molecule has 5 heteroatoms. The molecule has 0 atom stereocenters. The Labute approximate surface area is 353 Å². The van der Waals surface area contributed by atoms with Gasteiger partial charge < -0.3 is 15.4 Å². The third-order valence-corrected chi connectivity index (χ3v) is 11.2. The molecule has 60 heavy (non-hydrogen) atoms. The van der Waals surface area contributed by atoms with Crippen LogP contribution < -0.4 is 15.4 Å². The first-order chi connectivity index (χ1) is 29.0. The number of fused-ring (bicyclic) bond motifs is 3. The molecule has 296 valence electrons. The highest BCUT2D eigenvalue weighted by molar-refractivity contribution is 6.09. The van der Waals surface area contributed by atoms with E-state index in [1.807, 2.05) is 6.20 Å². The van der Waals surface area contributed by atoms with Crippen LogP contribution in [0.1, 0.15) is 52.7 Å². The van der Waals surface area contributed by atoms with Gasteiger partial charge in [0, 0.05) is 45.9 Å². The van der Waals surface area contributed by atoms with E-state index in [1.54, 1.807) is 0 Å². The molecule has 0 unspecified atom stereocenters. The second-order valence-electron chi connectivity index (χ2n) is 17.5. The Balaban J connectivity index is 1.09. The van der Waals surface area contributed by atoms with Gasteiger partial charge in [0.05, 0.1) is 28.1 Å². The van der Waals surface area contributed by atoms with Crippen LogP contribution in [0, 0.1) is 0 Å². The zero-order valence-corrected chi connectivity index (χ0v) is 35.1. The van der Waals surface area contributed by atoms with Gasteiger partial charge in [-0.2, -0.15) is 0 Å². The highest BCUT2D eigenvalue weighted by atomic mass is 16.5. The summed E-state index contributed by atoms with van der Waals surface area (Å²) in [5, 5.41) is 10.0. The van der Waals surface area contributed by atoms with E-state index >= 15 is 0 Å². The third kappa shape index (κ3) is 7.74. The minimum Gasteiger partial charge on any atom is -0.457 e. The molecule has 0 bridgehead atoms. The van der Waals surface area contributed by atoms with Crippen LogP contribution in [0.25, 0.3) is 49.9 Å². The van der Waals surface area contributed by atoms with Crippen LogP contribution in [0.15, 0.2) is 182 Å². The van der Waals surface area contributed by atoms with Gasteiger partial charge in [0.1, 0.15) is 17.3 Å². The van der Waals surface area contributed by atoms with E-state index in [0.717, 1.165) is 84.3 Å². The van der Waals surface area contributed by atoms with Gasteiger partial charge in [-0.05, 0) is 87.7 Å². The van der Waals surface area contributed by atoms with Crippen molar-refractivity contribution in [3.63, 3.8) is 0 Å². The fourth-order valence-electron chi connectivity index (χ4n) is 7.96. The van der Waals surface area contributed by atoms with E-state index in [9.17, 15) is 0 Å². The number of rotatable bonds is 9. The van der Waals surface area contributed by atoms with Crippen molar-refractivity contribution in [3.8, 4) is 39.6 Å². The molecular weight excluding hydrogens is 733 g/mol. The number of nitrogens with one attached hydrogen (secondary N) is 2. The minimum atomic E-state index is -0.132. The summed E-state index contributed by atoms with van der Waals surface area (Å²) in [7, 11) is 0. The number of pyridine rings is 1. The van der Waals surface area contributed by atoms with Crippen LogP contribution in [0.2, 0.25) is 0 Å². The molecule has 0 aliphatic heterocycles. The number of hydrogen-bond acceptors (Lipinski definition) is 4. The maximum atomic E-state index is 6.83. The molecule has 0 saturated carbocycles. The molecular formula is C55H50N4O. The summed E-state index contributed by atoms with van der Waals surface area (Å²) in [6.07, 6.45) is 1.92. The quantitative estimate of drug-likeness (QED) is 0.153. The molecule has 5 nitrogen and oxygen atoms in total. The normalized spacial score (nSPS) is 11.8. The smallest absolute Gasteiger partial charge is 0.137 e. The molecule has 7 aromatic carbocycles. The lowest BCUT2D eigenvalue weighted by molar-refractivity contribution is 0.479. The molecule has 9 aromatic rings. The first kappa shape index (κ1) is 38.4. The number of para-hydroxylation sites is 4. The van der Waals surface area contributed by atoms with Crippen molar-refractivity contribution in [2.24, 2.45) is 0 Å². The third-order valence-electron chi connectivity index (χ3n) is 11.2. The highest BCUT2D eigenvalue weighted by Gasteiger charge is 2.21. The zero-order chi connectivity index (χ0) is 41.4. The first-order valence-corrected chi connectivity index (χ1v) is 20.7. The number of nitrogens with zero attached hydrogens (tertiary/aromatic N) is 2. The maximum Gasteiger partial charge on any atom is 0.137 e. The number of benzene rings is 7. The van der Waals surface area contributed by atoms with E-state index in [1.165, 1.54) is 10.9 Å². The van der Waals surface area contributed by atoms with Gasteiger partial charge in [0.25, 0.3) is 0 Å². The molecule has 0 amide bonds. The number of hydrogen-bond donors (Lipinski definition) is 2. The van der Waals surface area contributed by atoms with Crippen LogP contribution in [-0.4, -0.2) is 9.55 Å². The summed E-state index contributed by atoms with van der Waals surface area (Å²) < 4.78 is 9.09. The topological polar surface area (TPSA) is 51.1 Å². The summed E-state index contributed by atoms with van der Waals surface area (Å²) in [6.45, 7) is 13.4. The number of ether oxygens (including phenoxy) is 1. The van der Waals surface area contributed by atoms with Crippen molar-refractivity contribution >= 4 is 44.6 Å². The molecule has 2 heterocycles. The summed E-state index contributed by atoms with van der Waals surface area (Å²) >= 11 is 0. The van der Waals surface area contributed by atoms with Gasteiger partial charge in [-0.3, -0.25) is 4.57 Å². The SMILES string of the molecule is CC(C)(C)c1cc(Nc2ccccc2Nc2c(-c3ccccc3)cccc2-c2ccccc2)cc(Oc2ccc3c4ccccc4n(-c4cc(C(C)(C)C)ccn4)c3c2)c1. The van der Waals surface area contributed by atoms with Gasteiger partial charge in [-0.15, -0.1) is 0 Å².